The molecule has 1 atom stereocenters. The molecule has 0 heterocycles. The van der Waals surface area contributed by atoms with Crippen molar-refractivity contribution < 1.29 is 9.18 Å². The molecule has 0 aromatic heterocycles. The van der Waals surface area contributed by atoms with Gasteiger partial charge in [-0.25, -0.2) is 4.39 Å². The minimum Gasteiger partial charge on any atom is -0.348 e. The second kappa shape index (κ2) is 7.39. The molecule has 1 unspecified atom stereocenters. The number of nitrogens with zero attached hydrogens (tertiary/aromatic N) is 1. The van der Waals surface area contributed by atoms with Crippen molar-refractivity contribution in [2.75, 3.05) is 6.54 Å². The molecule has 0 spiro atoms. The first-order valence-electron chi connectivity index (χ1n) is 7.09. The van der Waals surface area contributed by atoms with E-state index in [0.29, 0.717) is 18.6 Å². The van der Waals surface area contributed by atoms with E-state index in [0.717, 1.165) is 5.56 Å². The maximum Gasteiger partial charge on any atom is 0.217 e. The summed E-state index contributed by atoms with van der Waals surface area (Å²) in [6.07, 6.45) is 0. The molecule has 0 aliphatic rings. The van der Waals surface area contributed by atoms with Gasteiger partial charge in [0.1, 0.15) is 5.82 Å². The summed E-state index contributed by atoms with van der Waals surface area (Å²) in [7, 11) is 0. The summed E-state index contributed by atoms with van der Waals surface area (Å²) in [5, 5.41) is 2.95. The zero-order valence-corrected chi connectivity index (χ0v) is 13.0. The smallest absolute Gasteiger partial charge is 0.217 e. The van der Waals surface area contributed by atoms with E-state index in [1.54, 1.807) is 12.1 Å². The van der Waals surface area contributed by atoms with E-state index in [2.05, 4.69) is 37.9 Å². The number of hydrogen-bond acceptors (Lipinski definition) is 2. The highest BCUT2D eigenvalue weighted by Crippen LogP contribution is 2.18. The first-order chi connectivity index (χ1) is 9.31. The summed E-state index contributed by atoms with van der Waals surface area (Å²) < 4.78 is 13.0. The number of nitrogens with one attached hydrogen (secondary N) is 1. The van der Waals surface area contributed by atoms with E-state index < -0.39 is 0 Å². The van der Waals surface area contributed by atoms with Crippen molar-refractivity contribution in [3.05, 3.63) is 35.6 Å². The van der Waals surface area contributed by atoms with Crippen LogP contribution in [0.5, 0.6) is 0 Å². The Morgan fingerprint density at radius 3 is 2.05 bits per heavy atom. The molecule has 0 saturated heterocycles. The molecule has 1 aromatic rings. The van der Waals surface area contributed by atoms with Gasteiger partial charge in [0.25, 0.3) is 0 Å². The maximum absolute atomic E-state index is 13.0. The number of carbonyl (C=O) groups is 1. The molecule has 112 valence electrons. The number of rotatable bonds is 6. The molecular weight excluding hydrogens is 255 g/mol. The average Bonchev–Trinajstić information content (AvgIpc) is 2.34. The lowest BCUT2D eigenvalue weighted by Gasteiger charge is -2.34. The van der Waals surface area contributed by atoms with Gasteiger partial charge in [-0.1, -0.05) is 12.1 Å². The van der Waals surface area contributed by atoms with Gasteiger partial charge in [-0.2, -0.15) is 0 Å². The van der Waals surface area contributed by atoms with E-state index in [4.69, 9.17) is 0 Å². The third-order valence-corrected chi connectivity index (χ3v) is 3.37. The summed E-state index contributed by atoms with van der Waals surface area (Å²) in [6.45, 7) is 10.8. The zero-order valence-electron chi connectivity index (χ0n) is 13.0. The molecule has 1 amide bonds. The number of carbonyl (C=O) groups excluding carboxylic acids is 1. The van der Waals surface area contributed by atoms with Gasteiger partial charge in [0, 0.05) is 25.6 Å². The van der Waals surface area contributed by atoms with Crippen LogP contribution in [0.2, 0.25) is 0 Å². The van der Waals surface area contributed by atoms with Gasteiger partial charge in [-0.15, -0.1) is 0 Å². The van der Waals surface area contributed by atoms with Crippen LogP contribution in [-0.2, 0) is 4.79 Å². The first kappa shape index (κ1) is 16.6. The van der Waals surface area contributed by atoms with Crippen LogP contribution >= 0.6 is 0 Å². The molecule has 1 N–H and O–H groups in total. The van der Waals surface area contributed by atoms with Crippen molar-refractivity contribution in [1.82, 2.24) is 10.2 Å². The molecule has 0 bridgehead atoms. The van der Waals surface area contributed by atoms with Gasteiger partial charge >= 0.3 is 0 Å². The van der Waals surface area contributed by atoms with E-state index in [1.165, 1.54) is 19.1 Å². The molecule has 0 saturated carbocycles. The van der Waals surface area contributed by atoms with Gasteiger partial charge in [0.2, 0.25) is 5.91 Å². The van der Waals surface area contributed by atoms with Crippen molar-refractivity contribution in [2.45, 2.75) is 52.7 Å². The molecule has 0 aliphatic carbocycles. The van der Waals surface area contributed by atoms with E-state index in [1.807, 2.05) is 0 Å². The highest BCUT2D eigenvalue weighted by molar-refractivity contribution is 5.73. The Hall–Kier alpha value is -1.42. The fourth-order valence-electron chi connectivity index (χ4n) is 2.40. The number of hydrogen-bond donors (Lipinski definition) is 1. The second-order valence-corrected chi connectivity index (χ2v) is 5.69. The fourth-order valence-corrected chi connectivity index (χ4v) is 2.40. The molecule has 0 fully saturated rings. The van der Waals surface area contributed by atoms with Gasteiger partial charge < -0.3 is 5.32 Å². The van der Waals surface area contributed by atoms with Crippen LogP contribution in [0.4, 0.5) is 4.39 Å². The van der Waals surface area contributed by atoms with Crippen LogP contribution in [0.25, 0.3) is 0 Å². The van der Waals surface area contributed by atoms with E-state index in [-0.39, 0.29) is 17.8 Å². The Morgan fingerprint density at radius 1 is 1.15 bits per heavy atom. The summed E-state index contributed by atoms with van der Waals surface area (Å²) in [6, 6.07) is 6.96. The van der Waals surface area contributed by atoms with Crippen molar-refractivity contribution in [3.63, 3.8) is 0 Å². The monoisotopic (exact) mass is 280 g/mol. The predicted molar refractivity (Wildman–Crippen MR) is 79.9 cm³/mol. The van der Waals surface area contributed by atoms with Crippen LogP contribution in [0.15, 0.2) is 24.3 Å². The number of halogens is 1. The summed E-state index contributed by atoms with van der Waals surface area (Å²) in [5.41, 5.74) is 0.924. The van der Waals surface area contributed by atoms with Crippen molar-refractivity contribution >= 4 is 5.91 Å². The minimum atomic E-state index is -0.264. The molecule has 3 nitrogen and oxygen atoms in total. The molecule has 1 aromatic carbocycles. The molecular formula is C16H25FN2O. The van der Waals surface area contributed by atoms with E-state index in [9.17, 15) is 9.18 Å². The Kier molecular flexibility index (Phi) is 6.14. The van der Waals surface area contributed by atoms with Crippen LogP contribution in [0.1, 0.15) is 46.2 Å². The summed E-state index contributed by atoms with van der Waals surface area (Å²) in [5.74, 6) is -0.341. The van der Waals surface area contributed by atoms with Crippen LogP contribution in [0.3, 0.4) is 0 Å². The third-order valence-electron chi connectivity index (χ3n) is 3.37. The SMILES string of the molecule is CC(=O)NC(CN(C(C)C)C(C)C)c1ccc(F)cc1. The second-order valence-electron chi connectivity index (χ2n) is 5.69. The van der Waals surface area contributed by atoms with Crippen LogP contribution < -0.4 is 5.32 Å². The van der Waals surface area contributed by atoms with Gasteiger partial charge in [-0.3, -0.25) is 9.69 Å². The quantitative estimate of drug-likeness (QED) is 0.868. The molecule has 0 aliphatic heterocycles. The summed E-state index contributed by atoms with van der Waals surface area (Å²) >= 11 is 0. The van der Waals surface area contributed by atoms with Crippen LogP contribution in [-0.4, -0.2) is 29.4 Å². The van der Waals surface area contributed by atoms with Gasteiger partial charge in [0.15, 0.2) is 0 Å². The first-order valence-corrected chi connectivity index (χ1v) is 7.09. The molecule has 20 heavy (non-hydrogen) atoms. The Labute approximate surface area is 121 Å². The standard InChI is InChI=1S/C16H25FN2O/c1-11(2)19(12(3)4)10-16(18-13(5)20)14-6-8-15(17)9-7-14/h6-9,11-12,16H,10H2,1-5H3,(H,18,20). The Bertz CT molecular complexity index is 421. The lowest BCUT2D eigenvalue weighted by atomic mass is 10.0. The lowest BCUT2D eigenvalue weighted by molar-refractivity contribution is -0.119. The summed E-state index contributed by atoms with van der Waals surface area (Å²) in [4.78, 5) is 13.7. The minimum absolute atomic E-state index is 0.0770. The third kappa shape index (κ3) is 4.93. The topological polar surface area (TPSA) is 32.3 Å². The highest BCUT2D eigenvalue weighted by atomic mass is 19.1. The Morgan fingerprint density at radius 2 is 1.65 bits per heavy atom. The normalized spacial score (nSPS) is 13.1. The van der Waals surface area contributed by atoms with Crippen molar-refractivity contribution in [2.24, 2.45) is 0 Å². The van der Waals surface area contributed by atoms with E-state index >= 15 is 0 Å². The lowest BCUT2D eigenvalue weighted by Crippen LogP contribution is -2.43. The zero-order chi connectivity index (χ0) is 15.3. The van der Waals surface area contributed by atoms with Gasteiger partial charge in [0.05, 0.1) is 6.04 Å². The molecule has 0 radical (unpaired) electrons. The maximum atomic E-state index is 13.0. The van der Waals surface area contributed by atoms with Crippen molar-refractivity contribution in [3.8, 4) is 0 Å². The highest BCUT2D eigenvalue weighted by Gasteiger charge is 2.21. The van der Waals surface area contributed by atoms with Gasteiger partial charge in [-0.05, 0) is 45.4 Å². The van der Waals surface area contributed by atoms with Crippen molar-refractivity contribution in [1.29, 1.82) is 0 Å². The molecule has 1 rings (SSSR count). The Balaban J connectivity index is 2.94. The largest absolute Gasteiger partial charge is 0.348 e. The molecule has 4 heteroatoms. The number of amides is 1. The number of benzene rings is 1. The fraction of sp³-hybridized carbons (Fsp3) is 0.562. The average molecular weight is 280 g/mol. The predicted octanol–water partition coefficient (Wildman–Crippen LogP) is 3.12. The van der Waals surface area contributed by atoms with Crippen LogP contribution in [0, 0.1) is 5.82 Å².